The van der Waals surface area contributed by atoms with Crippen molar-refractivity contribution in [3.8, 4) is 5.75 Å². The van der Waals surface area contributed by atoms with Crippen molar-refractivity contribution in [3.63, 3.8) is 0 Å². The summed E-state index contributed by atoms with van der Waals surface area (Å²) in [5.74, 6) is 0.455. The lowest BCUT2D eigenvalue weighted by Crippen LogP contribution is -2.26. The molecule has 0 fully saturated rings. The molecule has 1 aliphatic rings. The second kappa shape index (κ2) is 9.91. The largest absolute Gasteiger partial charge is 0.484 e. The zero-order valence-corrected chi connectivity index (χ0v) is 20.4. The Balaban J connectivity index is 1.71. The summed E-state index contributed by atoms with van der Waals surface area (Å²) < 4.78 is 11.2. The van der Waals surface area contributed by atoms with E-state index in [0.717, 1.165) is 27.2 Å². The highest BCUT2D eigenvalue weighted by atomic mass is 35.5. The Kier molecular flexibility index (Phi) is 6.98. The normalized spacial score (nSPS) is 14.4. The number of hydrogen-bond acceptors (Lipinski definition) is 6. The van der Waals surface area contributed by atoms with Gasteiger partial charge in [-0.2, -0.15) is 0 Å². The molecule has 170 valence electrons. The molecule has 1 aromatic heterocycles. The first-order chi connectivity index (χ1) is 15.9. The molecule has 0 saturated carbocycles. The highest BCUT2D eigenvalue weighted by molar-refractivity contribution is 7.15. The van der Waals surface area contributed by atoms with Crippen LogP contribution in [-0.2, 0) is 4.74 Å². The third-order valence-electron chi connectivity index (χ3n) is 5.25. The van der Waals surface area contributed by atoms with Crippen molar-refractivity contribution in [1.29, 1.82) is 0 Å². The van der Waals surface area contributed by atoms with Crippen LogP contribution in [0.25, 0.3) is 11.1 Å². The van der Waals surface area contributed by atoms with Crippen LogP contribution in [-0.4, -0.2) is 19.6 Å². The van der Waals surface area contributed by atoms with Crippen molar-refractivity contribution < 1.29 is 14.3 Å². The summed E-state index contributed by atoms with van der Waals surface area (Å²) in [7, 11) is 1.34. The monoisotopic (exact) mass is 500 g/mol. The second-order valence-corrected chi connectivity index (χ2v) is 9.33. The molecule has 1 atom stereocenters. The topological polar surface area (TPSA) is 73.6 Å². The molecule has 1 aliphatic heterocycles. The molecule has 3 N–H and O–H groups in total. The van der Waals surface area contributed by atoms with Gasteiger partial charge in [0.1, 0.15) is 17.7 Å². The van der Waals surface area contributed by atoms with E-state index in [0.29, 0.717) is 33.0 Å². The quantitative estimate of drug-likeness (QED) is 0.388. The number of nitrogens with one attached hydrogen (secondary N) is 1. The molecule has 2 heterocycles. The number of ether oxygens (including phenoxy) is 2. The Bertz CT molecular complexity index is 1270. The summed E-state index contributed by atoms with van der Waals surface area (Å²) in [4.78, 5) is 13.6. The van der Waals surface area contributed by atoms with Gasteiger partial charge in [-0.25, -0.2) is 4.79 Å². The summed E-state index contributed by atoms with van der Waals surface area (Å²) >= 11 is 13.8. The van der Waals surface area contributed by atoms with Crippen molar-refractivity contribution >= 4 is 51.7 Å². The lowest BCUT2D eigenvalue weighted by molar-refractivity contribution is 0.0600. The van der Waals surface area contributed by atoms with Gasteiger partial charge in [-0.1, -0.05) is 53.5 Å². The number of hydrogen-bond donors (Lipinski definition) is 2. The minimum absolute atomic E-state index is 0.356. The van der Waals surface area contributed by atoms with Gasteiger partial charge in [-0.3, -0.25) is 0 Å². The van der Waals surface area contributed by atoms with Crippen LogP contribution in [0, 0.1) is 0 Å². The molecule has 4 rings (SSSR count). The lowest BCUT2D eigenvalue weighted by Gasteiger charge is -2.19. The predicted molar refractivity (Wildman–Crippen MR) is 135 cm³/mol. The molecule has 0 radical (unpaired) electrons. The number of dihydropyridines is 1. The van der Waals surface area contributed by atoms with Crippen LogP contribution in [0.5, 0.6) is 5.75 Å². The molecule has 3 aromatic rings. The number of allylic oxidation sites excluding steroid dienone is 2. The summed E-state index contributed by atoms with van der Waals surface area (Å²) in [5, 5.41) is 4.48. The maximum absolute atomic E-state index is 12.5. The van der Waals surface area contributed by atoms with E-state index < -0.39 is 5.97 Å². The van der Waals surface area contributed by atoms with E-state index in [1.54, 1.807) is 6.07 Å². The summed E-state index contributed by atoms with van der Waals surface area (Å²) in [5.41, 5.74) is 9.91. The Morgan fingerprint density at radius 3 is 2.67 bits per heavy atom. The van der Waals surface area contributed by atoms with E-state index in [1.807, 2.05) is 61.5 Å². The van der Waals surface area contributed by atoms with E-state index >= 15 is 0 Å². The van der Waals surface area contributed by atoms with E-state index in [-0.39, 0.29) is 6.10 Å². The molecule has 0 spiro atoms. The van der Waals surface area contributed by atoms with Crippen molar-refractivity contribution in [2.75, 3.05) is 13.7 Å². The maximum atomic E-state index is 12.5. The number of nitrogens with two attached hydrogens (primary N) is 1. The van der Waals surface area contributed by atoms with Gasteiger partial charge in [-0.05, 0) is 48.4 Å². The number of carbonyl (C=O) groups is 1. The van der Waals surface area contributed by atoms with Crippen molar-refractivity contribution in [2.45, 2.75) is 13.0 Å². The van der Waals surface area contributed by atoms with Crippen LogP contribution in [0.2, 0.25) is 10.0 Å². The maximum Gasteiger partial charge on any atom is 0.351 e. The molecule has 0 aliphatic carbocycles. The van der Waals surface area contributed by atoms with Gasteiger partial charge in [0.05, 0.1) is 7.11 Å². The van der Waals surface area contributed by atoms with Gasteiger partial charge in [0, 0.05) is 32.6 Å². The minimum atomic E-state index is -0.477. The zero-order chi connectivity index (χ0) is 23.5. The predicted octanol–water partition coefficient (Wildman–Crippen LogP) is 6.30. The molecule has 1 unspecified atom stereocenters. The van der Waals surface area contributed by atoms with Crippen LogP contribution in [0.3, 0.4) is 0 Å². The average molecular weight is 501 g/mol. The second-order valence-electron chi connectivity index (χ2n) is 7.44. The summed E-state index contributed by atoms with van der Waals surface area (Å²) in [6.07, 6.45) is 1.63. The van der Waals surface area contributed by atoms with E-state index in [2.05, 4.69) is 5.32 Å². The smallest absolute Gasteiger partial charge is 0.351 e. The first-order valence-corrected chi connectivity index (χ1v) is 11.8. The number of thiophene rings is 1. The molecule has 0 bridgehead atoms. The Morgan fingerprint density at radius 1 is 1.15 bits per heavy atom. The van der Waals surface area contributed by atoms with Crippen molar-refractivity contribution in [1.82, 2.24) is 5.32 Å². The fraction of sp³-hybridized carbons (Fsp3) is 0.160. The zero-order valence-electron chi connectivity index (χ0n) is 18.0. The van der Waals surface area contributed by atoms with Gasteiger partial charge >= 0.3 is 5.97 Å². The molecule has 33 heavy (non-hydrogen) atoms. The first kappa shape index (κ1) is 23.2. The van der Waals surface area contributed by atoms with Gasteiger partial charge in [-0.15, -0.1) is 11.3 Å². The highest BCUT2D eigenvalue weighted by Gasteiger charge is 2.24. The van der Waals surface area contributed by atoms with Gasteiger partial charge < -0.3 is 20.5 Å². The van der Waals surface area contributed by atoms with Crippen LogP contribution in [0.1, 0.15) is 38.7 Å². The molecule has 0 saturated heterocycles. The van der Waals surface area contributed by atoms with Gasteiger partial charge in [0.25, 0.3) is 0 Å². The molecular weight excluding hydrogens is 479 g/mol. The van der Waals surface area contributed by atoms with Crippen LogP contribution >= 0.6 is 34.5 Å². The number of methoxy groups -OCH3 is 1. The number of carbonyl (C=O) groups excluding carboxylic acids is 1. The van der Waals surface area contributed by atoms with Gasteiger partial charge in [0.2, 0.25) is 0 Å². The van der Waals surface area contributed by atoms with Crippen LogP contribution in [0.4, 0.5) is 0 Å². The van der Waals surface area contributed by atoms with Crippen LogP contribution < -0.4 is 15.8 Å². The van der Waals surface area contributed by atoms with E-state index in [1.165, 1.54) is 18.4 Å². The number of halogens is 2. The fourth-order valence-electron chi connectivity index (χ4n) is 3.55. The average Bonchev–Trinajstić information content (AvgIpc) is 3.22. The summed E-state index contributed by atoms with van der Waals surface area (Å²) in [6, 6.07) is 16.9. The van der Waals surface area contributed by atoms with E-state index in [4.69, 9.17) is 38.4 Å². The van der Waals surface area contributed by atoms with E-state index in [9.17, 15) is 4.79 Å². The molecule has 0 amide bonds. The standard InChI is InChI=1S/C25H22Cl2N2O3S/c1-14(18-8-3-4-9-20(18)27)32-21-12-22(33-23(21)25(30)31-2)19-11-16(13-29-24(19)28)15-6-5-7-17(26)10-15/h3-12,14,29H,13,28H2,1-2H3. The van der Waals surface area contributed by atoms with Crippen LogP contribution in [0.15, 0.2) is 66.5 Å². The molecule has 2 aromatic carbocycles. The number of esters is 1. The molecule has 8 heteroatoms. The lowest BCUT2D eigenvalue weighted by atomic mass is 9.99. The number of benzene rings is 2. The Labute approximate surface area is 206 Å². The summed E-state index contributed by atoms with van der Waals surface area (Å²) in [6.45, 7) is 2.45. The Hall–Kier alpha value is -2.93. The first-order valence-electron chi connectivity index (χ1n) is 10.2. The fourth-order valence-corrected chi connectivity index (χ4v) is 5.07. The minimum Gasteiger partial charge on any atom is -0.484 e. The SMILES string of the molecule is COC(=O)c1sc(C2=C(N)NCC(c3cccc(Cl)c3)=C2)cc1OC(C)c1ccccc1Cl. The Morgan fingerprint density at radius 2 is 1.94 bits per heavy atom. The third kappa shape index (κ3) is 5.03. The molecule has 5 nitrogen and oxygen atoms in total. The van der Waals surface area contributed by atoms with Gasteiger partial charge in [0.15, 0.2) is 4.88 Å². The number of rotatable bonds is 6. The highest BCUT2D eigenvalue weighted by Crippen LogP contribution is 2.39. The molecular formula is C25H22Cl2N2O3S. The van der Waals surface area contributed by atoms with Crippen molar-refractivity contribution in [2.24, 2.45) is 5.73 Å². The third-order valence-corrected chi connectivity index (χ3v) is 6.96. The van der Waals surface area contributed by atoms with Crippen molar-refractivity contribution in [3.05, 3.63) is 97.4 Å².